The zero-order chi connectivity index (χ0) is 7.40. The van der Waals surface area contributed by atoms with E-state index < -0.39 is 0 Å². The minimum Gasteiger partial charge on any atom is -0.105 e. The first kappa shape index (κ1) is 8.67. The van der Waals surface area contributed by atoms with Crippen LogP contribution < -0.4 is 0 Å². The molecule has 0 spiro atoms. The van der Waals surface area contributed by atoms with Crippen LogP contribution >= 0.6 is 23.2 Å². The van der Waals surface area contributed by atoms with Crippen LogP contribution in [0.25, 0.3) is 0 Å². The molecule has 0 bridgehead atoms. The lowest BCUT2D eigenvalue weighted by atomic mass is 9.87. The van der Waals surface area contributed by atoms with E-state index in [-0.39, 0.29) is 4.84 Å². The van der Waals surface area contributed by atoms with Gasteiger partial charge in [0.2, 0.25) is 0 Å². The molecule has 2 heteroatoms. The van der Waals surface area contributed by atoms with Gasteiger partial charge in [-0.3, -0.25) is 0 Å². The predicted molar refractivity (Wildman–Crippen MR) is 46.7 cm³/mol. The molecule has 10 heavy (non-hydrogen) atoms. The normalized spacial score (nSPS) is 21.9. The van der Waals surface area contributed by atoms with E-state index in [0.29, 0.717) is 0 Å². The van der Waals surface area contributed by atoms with E-state index in [1.54, 1.807) is 0 Å². The molecule has 0 N–H and O–H groups in total. The Kier molecular flexibility index (Phi) is 3.87. The van der Waals surface area contributed by atoms with Gasteiger partial charge >= 0.3 is 0 Å². The SMILES string of the molecule is ClC(Cl)CC1CCCCC1. The Hall–Kier alpha value is 0.580. The van der Waals surface area contributed by atoms with Gasteiger partial charge in [-0.1, -0.05) is 32.1 Å². The summed E-state index contributed by atoms with van der Waals surface area (Å²) >= 11 is 11.4. The van der Waals surface area contributed by atoms with Crippen molar-refractivity contribution in [1.82, 2.24) is 0 Å². The molecular weight excluding hydrogens is 167 g/mol. The van der Waals surface area contributed by atoms with Gasteiger partial charge in [0.05, 0.1) is 0 Å². The van der Waals surface area contributed by atoms with Crippen LogP contribution in [0, 0.1) is 5.92 Å². The fourth-order valence-corrected chi connectivity index (χ4v) is 2.18. The molecule has 0 nitrogen and oxygen atoms in total. The predicted octanol–water partition coefficient (Wildman–Crippen LogP) is 3.76. The van der Waals surface area contributed by atoms with Crippen molar-refractivity contribution >= 4 is 23.2 Å². The van der Waals surface area contributed by atoms with Gasteiger partial charge in [-0.2, -0.15) is 0 Å². The van der Waals surface area contributed by atoms with Crippen LogP contribution in [0.2, 0.25) is 0 Å². The summed E-state index contributed by atoms with van der Waals surface area (Å²) in [5, 5.41) is 0. The number of halogens is 2. The van der Waals surface area contributed by atoms with Crippen LogP contribution in [-0.4, -0.2) is 4.84 Å². The molecule has 0 aromatic carbocycles. The first-order chi connectivity index (χ1) is 4.79. The van der Waals surface area contributed by atoms with Gasteiger partial charge in [0.25, 0.3) is 0 Å². The average Bonchev–Trinajstić information content (AvgIpc) is 1.88. The van der Waals surface area contributed by atoms with E-state index in [0.717, 1.165) is 12.3 Å². The van der Waals surface area contributed by atoms with Crippen LogP contribution in [0.1, 0.15) is 38.5 Å². The summed E-state index contributed by atoms with van der Waals surface area (Å²) in [5.41, 5.74) is 0. The fraction of sp³-hybridized carbons (Fsp3) is 1.00. The summed E-state index contributed by atoms with van der Waals surface area (Å²) in [6, 6.07) is 0. The van der Waals surface area contributed by atoms with Crippen LogP contribution in [0.5, 0.6) is 0 Å². The standard InChI is InChI=1S/C8H14Cl2/c9-8(10)6-7-4-2-1-3-5-7/h7-8H,1-6H2. The molecule has 1 rings (SSSR count). The number of hydrogen-bond donors (Lipinski definition) is 0. The van der Waals surface area contributed by atoms with Crippen LogP contribution in [-0.2, 0) is 0 Å². The molecule has 1 fully saturated rings. The highest BCUT2D eigenvalue weighted by molar-refractivity contribution is 6.44. The van der Waals surface area contributed by atoms with Gasteiger partial charge in [-0.25, -0.2) is 0 Å². The van der Waals surface area contributed by atoms with E-state index in [1.165, 1.54) is 32.1 Å². The summed E-state index contributed by atoms with van der Waals surface area (Å²) < 4.78 is 0. The summed E-state index contributed by atoms with van der Waals surface area (Å²) in [6.07, 6.45) is 7.86. The van der Waals surface area contributed by atoms with Gasteiger partial charge in [0, 0.05) is 0 Å². The Balaban J connectivity index is 2.13. The molecule has 0 heterocycles. The monoisotopic (exact) mass is 180 g/mol. The first-order valence-electron chi connectivity index (χ1n) is 4.07. The molecular formula is C8H14Cl2. The van der Waals surface area contributed by atoms with E-state index in [9.17, 15) is 0 Å². The third-order valence-corrected chi connectivity index (χ3v) is 2.59. The van der Waals surface area contributed by atoms with E-state index in [4.69, 9.17) is 23.2 Å². The largest absolute Gasteiger partial charge is 0.108 e. The second-order valence-corrected chi connectivity index (χ2v) is 4.41. The van der Waals surface area contributed by atoms with Gasteiger partial charge in [-0.05, 0) is 12.3 Å². The maximum absolute atomic E-state index is 5.68. The minimum absolute atomic E-state index is 0.136. The second-order valence-electron chi connectivity index (χ2n) is 3.13. The zero-order valence-corrected chi connectivity index (χ0v) is 7.67. The van der Waals surface area contributed by atoms with E-state index >= 15 is 0 Å². The molecule has 60 valence electrons. The molecule has 0 aliphatic heterocycles. The molecule has 0 saturated heterocycles. The highest BCUT2D eigenvalue weighted by Gasteiger charge is 2.15. The summed E-state index contributed by atoms with van der Waals surface area (Å²) in [5.74, 6) is 0.814. The van der Waals surface area contributed by atoms with E-state index in [1.807, 2.05) is 0 Å². The topological polar surface area (TPSA) is 0 Å². The molecule has 0 atom stereocenters. The van der Waals surface area contributed by atoms with Gasteiger partial charge in [0.1, 0.15) is 4.84 Å². The second kappa shape index (κ2) is 4.46. The third kappa shape index (κ3) is 3.12. The third-order valence-electron chi connectivity index (χ3n) is 2.24. The Morgan fingerprint density at radius 2 is 1.70 bits per heavy atom. The van der Waals surface area contributed by atoms with E-state index in [2.05, 4.69) is 0 Å². The fourth-order valence-electron chi connectivity index (χ4n) is 1.67. The van der Waals surface area contributed by atoms with Crippen molar-refractivity contribution in [2.75, 3.05) is 0 Å². The first-order valence-corrected chi connectivity index (χ1v) is 4.94. The minimum atomic E-state index is -0.136. The quantitative estimate of drug-likeness (QED) is 0.569. The smallest absolute Gasteiger partial charge is 0.105 e. The molecule has 0 amide bonds. The Morgan fingerprint density at radius 3 is 2.20 bits per heavy atom. The Bertz CT molecular complexity index is 85.3. The summed E-state index contributed by atoms with van der Waals surface area (Å²) in [7, 11) is 0. The van der Waals surface area contributed by atoms with Crippen LogP contribution in [0.4, 0.5) is 0 Å². The maximum atomic E-state index is 5.68. The Labute approximate surface area is 72.9 Å². The number of hydrogen-bond acceptors (Lipinski definition) is 0. The van der Waals surface area contributed by atoms with Crippen LogP contribution in [0.3, 0.4) is 0 Å². The molecule has 0 radical (unpaired) electrons. The van der Waals surface area contributed by atoms with Crippen molar-refractivity contribution in [1.29, 1.82) is 0 Å². The van der Waals surface area contributed by atoms with Crippen molar-refractivity contribution in [3.63, 3.8) is 0 Å². The highest BCUT2D eigenvalue weighted by Crippen LogP contribution is 2.29. The molecule has 1 aliphatic carbocycles. The maximum Gasteiger partial charge on any atom is 0.108 e. The molecule has 1 saturated carbocycles. The van der Waals surface area contributed by atoms with Crippen molar-refractivity contribution in [3.8, 4) is 0 Å². The average molecular weight is 181 g/mol. The number of alkyl halides is 2. The summed E-state index contributed by atoms with van der Waals surface area (Å²) in [4.78, 5) is -0.136. The summed E-state index contributed by atoms with van der Waals surface area (Å²) in [6.45, 7) is 0. The Morgan fingerprint density at radius 1 is 1.10 bits per heavy atom. The van der Waals surface area contributed by atoms with Crippen molar-refractivity contribution in [3.05, 3.63) is 0 Å². The lowest BCUT2D eigenvalue weighted by Crippen LogP contribution is -2.08. The number of rotatable bonds is 2. The molecule has 0 aromatic rings. The van der Waals surface area contributed by atoms with Gasteiger partial charge < -0.3 is 0 Å². The molecule has 1 aliphatic rings. The van der Waals surface area contributed by atoms with Crippen molar-refractivity contribution < 1.29 is 0 Å². The van der Waals surface area contributed by atoms with Crippen molar-refractivity contribution in [2.45, 2.75) is 43.4 Å². The van der Waals surface area contributed by atoms with Gasteiger partial charge in [0.15, 0.2) is 0 Å². The lowest BCUT2D eigenvalue weighted by Gasteiger charge is -2.21. The lowest BCUT2D eigenvalue weighted by molar-refractivity contribution is 0.346. The van der Waals surface area contributed by atoms with Crippen LogP contribution in [0.15, 0.2) is 0 Å². The molecule has 0 aromatic heterocycles. The zero-order valence-electron chi connectivity index (χ0n) is 6.15. The highest BCUT2D eigenvalue weighted by atomic mass is 35.5. The van der Waals surface area contributed by atoms with Gasteiger partial charge in [-0.15, -0.1) is 23.2 Å². The van der Waals surface area contributed by atoms with Crippen molar-refractivity contribution in [2.24, 2.45) is 5.92 Å². The molecule has 0 unspecified atom stereocenters.